The number of hydrogen-bond acceptors (Lipinski definition) is 1. The van der Waals surface area contributed by atoms with Crippen molar-refractivity contribution in [2.45, 2.75) is 90.1 Å². The number of hydrogen-bond donors (Lipinski definition) is 0. The van der Waals surface area contributed by atoms with E-state index >= 15 is 0 Å². The summed E-state index contributed by atoms with van der Waals surface area (Å²) in [6.07, 6.45) is 13.6. The summed E-state index contributed by atoms with van der Waals surface area (Å²) in [4.78, 5) is 2.77. The van der Waals surface area contributed by atoms with Crippen molar-refractivity contribution in [2.24, 2.45) is 5.92 Å². The molecule has 0 atom stereocenters. The van der Waals surface area contributed by atoms with Crippen molar-refractivity contribution in [3.8, 4) is 0 Å². The second kappa shape index (κ2) is 17.6. The second-order valence-electron chi connectivity index (χ2n) is 12.1. The normalized spacial score (nSPS) is 11.7. The van der Waals surface area contributed by atoms with E-state index in [1.807, 2.05) is 0 Å². The molecule has 0 unspecified atom stereocenters. The Bertz CT molecular complexity index is 1020. The Morgan fingerprint density at radius 3 is 1.00 bits per heavy atom. The van der Waals surface area contributed by atoms with Crippen molar-refractivity contribution in [3.05, 3.63) is 144 Å². The highest BCUT2D eigenvalue weighted by Gasteiger charge is 2.30. The van der Waals surface area contributed by atoms with Crippen molar-refractivity contribution < 1.29 is 0 Å². The number of nitrogens with zero attached hydrogens (tertiary/aromatic N) is 1. The van der Waals surface area contributed by atoms with Crippen LogP contribution in [0.4, 0.5) is 0 Å². The molecule has 1 heteroatoms. The van der Waals surface area contributed by atoms with E-state index in [0.29, 0.717) is 0 Å². The quantitative estimate of drug-likeness (QED) is 0.112. The van der Waals surface area contributed by atoms with Gasteiger partial charge in [-0.3, -0.25) is 4.90 Å². The monoisotopic (exact) mass is 545 g/mol. The van der Waals surface area contributed by atoms with Crippen LogP contribution in [-0.4, -0.2) is 11.4 Å². The molecule has 0 N–H and O–H groups in total. The number of unbranched alkanes of at least 4 members (excludes halogenated alkanes) is 8. The molecule has 4 rings (SSSR count). The van der Waals surface area contributed by atoms with Gasteiger partial charge in [-0.25, -0.2) is 0 Å². The molecule has 0 aliphatic rings. The summed E-state index contributed by atoms with van der Waals surface area (Å²) < 4.78 is 0. The standard InChI is InChI=1S/C40H51N/c1-34(2)24-14-8-6-4-3-5-7-9-23-33-41(39(35-25-15-10-16-26-35)36-27-17-11-18-28-36)40(37-29-19-12-20-30-37)38-31-21-13-22-32-38/h10-13,15-22,25-32,34,39-40H,3-9,14,23-24,33H2,1-2H3. The van der Waals surface area contributed by atoms with Crippen LogP contribution >= 0.6 is 0 Å². The highest BCUT2D eigenvalue weighted by atomic mass is 15.2. The highest BCUT2D eigenvalue weighted by Crippen LogP contribution is 2.39. The fourth-order valence-electron chi connectivity index (χ4n) is 6.18. The molecule has 0 heterocycles. The predicted molar refractivity (Wildman–Crippen MR) is 177 cm³/mol. The first-order chi connectivity index (χ1) is 20.2. The zero-order valence-electron chi connectivity index (χ0n) is 25.5. The molecule has 0 radical (unpaired) electrons. The minimum atomic E-state index is 0.175. The molecule has 216 valence electrons. The molecule has 0 bridgehead atoms. The van der Waals surface area contributed by atoms with E-state index in [0.717, 1.165) is 12.5 Å². The Morgan fingerprint density at radius 2 is 0.683 bits per heavy atom. The van der Waals surface area contributed by atoms with Crippen LogP contribution in [0.25, 0.3) is 0 Å². The van der Waals surface area contributed by atoms with Gasteiger partial charge in [0.25, 0.3) is 0 Å². The van der Waals surface area contributed by atoms with Crippen LogP contribution in [0.5, 0.6) is 0 Å². The molecule has 0 aliphatic carbocycles. The SMILES string of the molecule is CC(C)CCCCCCCCCCCN(C(c1ccccc1)c1ccccc1)C(c1ccccc1)c1ccccc1. The molecule has 0 saturated carbocycles. The lowest BCUT2D eigenvalue weighted by atomic mass is 9.90. The maximum atomic E-state index is 2.77. The predicted octanol–water partition coefficient (Wildman–Crippen LogP) is 11.4. The summed E-state index contributed by atoms with van der Waals surface area (Å²) >= 11 is 0. The first-order valence-electron chi connectivity index (χ1n) is 16.2. The van der Waals surface area contributed by atoms with Crippen LogP contribution in [-0.2, 0) is 0 Å². The Morgan fingerprint density at radius 1 is 0.390 bits per heavy atom. The largest absolute Gasteiger partial charge is 0.281 e. The molecule has 4 aromatic rings. The topological polar surface area (TPSA) is 3.24 Å². The van der Waals surface area contributed by atoms with Gasteiger partial charge in [-0.1, -0.05) is 193 Å². The summed E-state index contributed by atoms with van der Waals surface area (Å²) in [7, 11) is 0. The minimum Gasteiger partial charge on any atom is -0.281 e. The van der Waals surface area contributed by atoms with Gasteiger partial charge in [0.15, 0.2) is 0 Å². The zero-order valence-corrected chi connectivity index (χ0v) is 25.5. The maximum Gasteiger partial charge on any atom is 0.0610 e. The molecule has 0 spiro atoms. The molecule has 1 nitrogen and oxygen atoms in total. The van der Waals surface area contributed by atoms with Crippen LogP contribution < -0.4 is 0 Å². The van der Waals surface area contributed by atoms with Gasteiger partial charge in [-0.2, -0.15) is 0 Å². The summed E-state index contributed by atoms with van der Waals surface area (Å²) in [5, 5.41) is 0. The van der Waals surface area contributed by atoms with Crippen molar-refractivity contribution in [2.75, 3.05) is 6.54 Å². The van der Waals surface area contributed by atoms with E-state index in [-0.39, 0.29) is 12.1 Å². The van der Waals surface area contributed by atoms with Gasteiger partial charge >= 0.3 is 0 Å². The van der Waals surface area contributed by atoms with E-state index in [1.165, 1.54) is 86.5 Å². The first kappa shape index (κ1) is 30.8. The van der Waals surface area contributed by atoms with Gasteiger partial charge in [-0.15, -0.1) is 0 Å². The lowest BCUT2D eigenvalue weighted by Gasteiger charge is -2.39. The van der Waals surface area contributed by atoms with E-state index in [9.17, 15) is 0 Å². The summed E-state index contributed by atoms with van der Waals surface area (Å²) in [5.74, 6) is 0.848. The number of benzene rings is 4. The average molecular weight is 546 g/mol. The fraction of sp³-hybridized carbons (Fsp3) is 0.400. The molecular weight excluding hydrogens is 494 g/mol. The van der Waals surface area contributed by atoms with Gasteiger partial charge in [-0.05, 0) is 34.6 Å². The lowest BCUT2D eigenvalue weighted by Crippen LogP contribution is -2.35. The molecule has 4 aromatic carbocycles. The van der Waals surface area contributed by atoms with Crippen molar-refractivity contribution >= 4 is 0 Å². The van der Waals surface area contributed by atoms with Crippen LogP contribution in [0.1, 0.15) is 112 Å². The number of rotatable bonds is 18. The lowest BCUT2D eigenvalue weighted by molar-refractivity contribution is 0.176. The third-order valence-electron chi connectivity index (χ3n) is 8.32. The van der Waals surface area contributed by atoms with Crippen LogP contribution in [0.15, 0.2) is 121 Å². The zero-order chi connectivity index (χ0) is 28.5. The van der Waals surface area contributed by atoms with E-state index < -0.39 is 0 Å². The third-order valence-corrected chi connectivity index (χ3v) is 8.32. The molecular formula is C40H51N. The van der Waals surface area contributed by atoms with Gasteiger partial charge in [0.1, 0.15) is 0 Å². The van der Waals surface area contributed by atoms with Gasteiger partial charge in [0, 0.05) is 6.54 Å². The van der Waals surface area contributed by atoms with Gasteiger partial charge in [0.2, 0.25) is 0 Å². The van der Waals surface area contributed by atoms with Crippen molar-refractivity contribution in [1.29, 1.82) is 0 Å². The van der Waals surface area contributed by atoms with Gasteiger partial charge in [0.05, 0.1) is 12.1 Å². The average Bonchev–Trinajstić information content (AvgIpc) is 3.02. The van der Waals surface area contributed by atoms with Crippen LogP contribution in [0, 0.1) is 5.92 Å². The van der Waals surface area contributed by atoms with E-state index in [2.05, 4.69) is 140 Å². The smallest absolute Gasteiger partial charge is 0.0610 e. The second-order valence-corrected chi connectivity index (χ2v) is 12.1. The fourth-order valence-corrected chi connectivity index (χ4v) is 6.18. The van der Waals surface area contributed by atoms with E-state index in [4.69, 9.17) is 0 Å². The Labute approximate surface area is 250 Å². The summed E-state index contributed by atoms with van der Waals surface area (Å²) in [6, 6.07) is 44.8. The molecule has 41 heavy (non-hydrogen) atoms. The Hall–Kier alpha value is -3.16. The maximum absolute atomic E-state index is 2.77. The summed E-state index contributed by atoms with van der Waals surface area (Å²) in [6.45, 7) is 5.73. The minimum absolute atomic E-state index is 0.175. The summed E-state index contributed by atoms with van der Waals surface area (Å²) in [5.41, 5.74) is 5.42. The molecule has 0 aliphatic heterocycles. The van der Waals surface area contributed by atoms with Crippen molar-refractivity contribution in [1.82, 2.24) is 4.90 Å². The molecule has 0 amide bonds. The Balaban J connectivity index is 1.51. The van der Waals surface area contributed by atoms with Crippen LogP contribution in [0.3, 0.4) is 0 Å². The first-order valence-corrected chi connectivity index (χ1v) is 16.2. The molecule has 0 saturated heterocycles. The molecule has 0 fully saturated rings. The Kier molecular flexibility index (Phi) is 13.2. The van der Waals surface area contributed by atoms with Gasteiger partial charge < -0.3 is 0 Å². The van der Waals surface area contributed by atoms with Crippen LogP contribution in [0.2, 0.25) is 0 Å². The van der Waals surface area contributed by atoms with Crippen molar-refractivity contribution in [3.63, 3.8) is 0 Å². The molecule has 0 aromatic heterocycles. The van der Waals surface area contributed by atoms with E-state index in [1.54, 1.807) is 0 Å². The third kappa shape index (κ3) is 10.0. The highest BCUT2D eigenvalue weighted by molar-refractivity contribution is 5.37.